The molecule has 0 unspecified atom stereocenters. The van der Waals surface area contributed by atoms with Crippen molar-refractivity contribution >= 4 is 5.91 Å². The highest BCUT2D eigenvalue weighted by Gasteiger charge is 2.18. The van der Waals surface area contributed by atoms with Crippen LogP contribution in [0.15, 0.2) is 30.3 Å². The van der Waals surface area contributed by atoms with Gasteiger partial charge in [-0.1, -0.05) is 24.3 Å². The Morgan fingerprint density at radius 2 is 2.00 bits per heavy atom. The normalized spacial score (nSPS) is 10.7. The van der Waals surface area contributed by atoms with E-state index in [4.69, 9.17) is 5.73 Å². The van der Waals surface area contributed by atoms with Gasteiger partial charge >= 0.3 is 0 Å². The molecule has 0 spiro atoms. The summed E-state index contributed by atoms with van der Waals surface area (Å²) in [6.45, 7) is 5.58. The fourth-order valence-corrected chi connectivity index (χ4v) is 2.39. The minimum absolute atomic E-state index is 0.0238. The van der Waals surface area contributed by atoms with Gasteiger partial charge in [-0.3, -0.25) is 9.48 Å². The second-order valence-corrected chi connectivity index (χ2v) is 5.12. The predicted octanol–water partition coefficient (Wildman–Crippen LogP) is 1.94. The molecule has 2 aromatic rings. The van der Waals surface area contributed by atoms with Crippen LogP contribution in [0.1, 0.15) is 34.2 Å². The Bertz CT molecular complexity index is 633. The third kappa shape index (κ3) is 3.31. The Morgan fingerprint density at radius 3 is 2.62 bits per heavy atom. The molecule has 0 aliphatic rings. The second kappa shape index (κ2) is 6.54. The molecule has 0 aliphatic carbocycles. The van der Waals surface area contributed by atoms with Crippen LogP contribution in [-0.4, -0.2) is 27.6 Å². The molecule has 0 saturated carbocycles. The van der Waals surface area contributed by atoms with Gasteiger partial charge in [-0.25, -0.2) is 0 Å². The maximum atomic E-state index is 12.6. The summed E-state index contributed by atoms with van der Waals surface area (Å²) >= 11 is 0. The zero-order chi connectivity index (χ0) is 15.4. The Hall–Kier alpha value is -2.14. The van der Waals surface area contributed by atoms with Crippen molar-refractivity contribution in [2.75, 3.05) is 7.05 Å². The van der Waals surface area contributed by atoms with Crippen LogP contribution < -0.4 is 5.73 Å². The van der Waals surface area contributed by atoms with E-state index in [0.717, 1.165) is 16.8 Å². The van der Waals surface area contributed by atoms with Crippen molar-refractivity contribution < 1.29 is 4.79 Å². The van der Waals surface area contributed by atoms with Crippen LogP contribution >= 0.6 is 0 Å². The summed E-state index contributed by atoms with van der Waals surface area (Å²) in [7, 11) is 1.80. The Balaban J connectivity index is 2.19. The van der Waals surface area contributed by atoms with Gasteiger partial charge in [-0.15, -0.1) is 0 Å². The van der Waals surface area contributed by atoms with E-state index in [1.807, 2.05) is 44.2 Å². The van der Waals surface area contributed by atoms with E-state index in [-0.39, 0.29) is 5.91 Å². The van der Waals surface area contributed by atoms with Gasteiger partial charge in [0, 0.05) is 26.7 Å². The number of aryl methyl sites for hydroxylation is 2. The second-order valence-electron chi connectivity index (χ2n) is 5.12. The van der Waals surface area contributed by atoms with Crippen molar-refractivity contribution in [1.29, 1.82) is 0 Å². The number of amides is 1. The molecule has 112 valence electrons. The molecule has 21 heavy (non-hydrogen) atoms. The van der Waals surface area contributed by atoms with E-state index in [9.17, 15) is 4.79 Å². The number of carbonyl (C=O) groups is 1. The highest BCUT2D eigenvalue weighted by Crippen LogP contribution is 2.13. The number of carbonyl (C=O) groups excluding carboxylic acids is 1. The van der Waals surface area contributed by atoms with Crippen LogP contribution in [0.4, 0.5) is 0 Å². The monoisotopic (exact) mass is 286 g/mol. The van der Waals surface area contributed by atoms with Gasteiger partial charge < -0.3 is 10.6 Å². The first-order valence-corrected chi connectivity index (χ1v) is 7.13. The lowest BCUT2D eigenvalue weighted by Gasteiger charge is -2.19. The molecule has 1 aromatic heterocycles. The Labute approximate surface area is 125 Å². The van der Waals surface area contributed by atoms with Gasteiger partial charge in [0.1, 0.15) is 5.69 Å². The predicted molar refractivity (Wildman–Crippen MR) is 82.8 cm³/mol. The highest BCUT2D eigenvalue weighted by atomic mass is 16.2. The van der Waals surface area contributed by atoms with Crippen molar-refractivity contribution in [3.05, 3.63) is 52.8 Å². The molecule has 0 saturated heterocycles. The van der Waals surface area contributed by atoms with Crippen molar-refractivity contribution in [1.82, 2.24) is 14.7 Å². The summed E-state index contributed by atoms with van der Waals surface area (Å²) in [6, 6.07) is 9.76. The number of hydrogen-bond acceptors (Lipinski definition) is 3. The average molecular weight is 286 g/mol. The van der Waals surface area contributed by atoms with Crippen LogP contribution in [-0.2, 0) is 19.6 Å². The summed E-state index contributed by atoms with van der Waals surface area (Å²) in [6.07, 6.45) is 0. The van der Waals surface area contributed by atoms with E-state index < -0.39 is 0 Å². The van der Waals surface area contributed by atoms with Crippen molar-refractivity contribution in [2.24, 2.45) is 5.73 Å². The molecular weight excluding hydrogens is 264 g/mol. The summed E-state index contributed by atoms with van der Waals surface area (Å²) in [5.74, 6) is -0.0238. The van der Waals surface area contributed by atoms with Crippen LogP contribution in [0.5, 0.6) is 0 Å². The van der Waals surface area contributed by atoms with Gasteiger partial charge in [0.2, 0.25) is 0 Å². The molecule has 1 heterocycles. The summed E-state index contributed by atoms with van der Waals surface area (Å²) in [5.41, 5.74) is 9.38. The molecule has 0 aliphatic heterocycles. The van der Waals surface area contributed by atoms with Gasteiger partial charge in [0.25, 0.3) is 5.91 Å². The lowest BCUT2D eigenvalue weighted by atomic mass is 10.1. The third-order valence-corrected chi connectivity index (χ3v) is 3.51. The molecule has 2 rings (SSSR count). The lowest BCUT2D eigenvalue weighted by molar-refractivity contribution is 0.0772. The molecule has 0 atom stereocenters. The largest absolute Gasteiger partial charge is 0.336 e. The first-order valence-electron chi connectivity index (χ1n) is 7.13. The minimum Gasteiger partial charge on any atom is -0.336 e. The van der Waals surface area contributed by atoms with E-state index in [0.29, 0.717) is 25.3 Å². The topological polar surface area (TPSA) is 64.2 Å². The minimum atomic E-state index is -0.0238. The summed E-state index contributed by atoms with van der Waals surface area (Å²) in [5, 5.41) is 4.32. The van der Waals surface area contributed by atoms with E-state index in [1.54, 1.807) is 16.6 Å². The molecule has 1 amide bonds. The molecule has 1 aromatic carbocycles. The highest BCUT2D eigenvalue weighted by molar-refractivity contribution is 5.92. The van der Waals surface area contributed by atoms with Crippen molar-refractivity contribution in [2.45, 2.75) is 33.5 Å². The van der Waals surface area contributed by atoms with Gasteiger partial charge in [0.15, 0.2) is 0 Å². The van der Waals surface area contributed by atoms with Crippen LogP contribution in [0.2, 0.25) is 0 Å². The lowest BCUT2D eigenvalue weighted by Crippen LogP contribution is -2.29. The molecule has 2 N–H and O–H groups in total. The zero-order valence-electron chi connectivity index (χ0n) is 12.8. The molecule has 0 fully saturated rings. The molecule has 0 bridgehead atoms. The number of rotatable bonds is 5. The number of nitrogens with zero attached hydrogens (tertiary/aromatic N) is 3. The van der Waals surface area contributed by atoms with Gasteiger partial charge in [-0.2, -0.15) is 5.10 Å². The SMILES string of the molecule is CCn1nc(C)cc1C(=O)N(C)Cc1ccccc1CN. The standard InChI is InChI=1S/C16H22N4O/c1-4-20-15(9-12(2)18-20)16(21)19(3)11-14-8-6-5-7-13(14)10-17/h5-9H,4,10-11,17H2,1-3H3. The smallest absolute Gasteiger partial charge is 0.272 e. The van der Waals surface area contributed by atoms with Gasteiger partial charge in [-0.05, 0) is 31.0 Å². The molecule has 5 heteroatoms. The van der Waals surface area contributed by atoms with Crippen LogP contribution in [0.3, 0.4) is 0 Å². The first kappa shape index (κ1) is 15.3. The van der Waals surface area contributed by atoms with Crippen molar-refractivity contribution in [3.8, 4) is 0 Å². The molecule has 0 radical (unpaired) electrons. The van der Waals surface area contributed by atoms with Crippen LogP contribution in [0.25, 0.3) is 0 Å². The van der Waals surface area contributed by atoms with Crippen LogP contribution in [0, 0.1) is 6.92 Å². The third-order valence-electron chi connectivity index (χ3n) is 3.51. The van der Waals surface area contributed by atoms with E-state index in [2.05, 4.69) is 5.10 Å². The Morgan fingerprint density at radius 1 is 1.33 bits per heavy atom. The fraction of sp³-hybridized carbons (Fsp3) is 0.375. The van der Waals surface area contributed by atoms with E-state index in [1.165, 1.54) is 0 Å². The Kier molecular flexibility index (Phi) is 4.75. The first-order chi connectivity index (χ1) is 10.1. The number of benzene rings is 1. The number of aromatic nitrogens is 2. The maximum absolute atomic E-state index is 12.6. The number of hydrogen-bond donors (Lipinski definition) is 1. The maximum Gasteiger partial charge on any atom is 0.272 e. The zero-order valence-corrected chi connectivity index (χ0v) is 12.8. The molecular formula is C16H22N4O. The quantitative estimate of drug-likeness (QED) is 0.913. The van der Waals surface area contributed by atoms with Gasteiger partial charge in [0.05, 0.1) is 5.69 Å². The summed E-state index contributed by atoms with van der Waals surface area (Å²) < 4.78 is 1.74. The molecule has 5 nitrogen and oxygen atoms in total. The van der Waals surface area contributed by atoms with E-state index >= 15 is 0 Å². The summed E-state index contributed by atoms with van der Waals surface area (Å²) in [4.78, 5) is 14.3. The van der Waals surface area contributed by atoms with Crippen molar-refractivity contribution in [3.63, 3.8) is 0 Å². The fourth-order valence-electron chi connectivity index (χ4n) is 2.39. The number of nitrogens with two attached hydrogens (primary N) is 1. The average Bonchev–Trinajstić information content (AvgIpc) is 2.88.